The van der Waals surface area contributed by atoms with Crippen molar-refractivity contribution in [1.82, 2.24) is 0 Å². The van der Waals surface area contributed by atoms with Crippen LogP contribution in [0.1, 0.15) is 5.56 Å². The van der Waals surface area contributed by atoms with Crippen molar-refractivity contribution >= 4 is 5.69 Å². The topological polar surface area (TPSA) is 12.0 Å². The standard InChI is InChI=1S/C9H9N.C2H2/c1-3-8-4-6-9(10-2)7-5-8;1-2/h1,4-7,10H,2H3;1-2H. The summed E-state index contributed by atoms with van der Waals surface area (Å²) in [6.45, 7) is 0. The number of nitrogens with one attached hydrogen (secondary N) is 1. The summed E-state index contributed by atoms with van der Waals surface area (Å²) in [5, 5.41) is 3.01. The minimum Gasteiger partial charge on any atom is -0.388 e. The highest BCUT2D eigenvalue weighted by atomic mass is 14.8. The Kier molecular flexibility index (Phi) is 4.98. The molecule has 60 valence electrons. The molecule has 0 saturated carbocycles. The first-order chi connectivity index (χ1) is 5.86. The van der Waals surface area contributed by atoms with Gasteiger partial charge in [0, 0.05) is 18.3 Å². The smallest absolute Gasteiger partial charge is 0.0338 e. The van der Waals surface area contributed by atoms with Gasteiger partial charge in [0.15, 0.2) is 0 Å². The SMILES string of the molecule is C#C.C#Cc1ccc(NC)cc1. The van der Waals surface area contributed by atoms with Gasteiger partial charge in [0.05, 0.1) is 0 Å². The van der Waals surface area contributed by atoms with Gasteiger partial charge < -0.3 is 5.32 Å². The normalized spacial score (nSPS) is 7.17. The fourth-order valence-corrected chi connectivity index (χ4v) is 0.733. The monoisotopic (exact) mass is 157 g/mol. The van der Waals surface area contributed by atoms with Gasteiger partial charge in [0.25, 0.3) is 0 Å². The van der Waals surface area contributed by atoms with Crippen molar-refractivity contribution in [3.05, 3.63) is 29.8 Å². The second-order valence-corrected chi connectivity index (χ2v) is 1.97. The van der Waals surface area contributed by atoms with Crippen molar-refractivity contribution in [2.45, 2.75) is 0 Å². The molecule has 1 nitrogen and oxygen atoms in total. The van der Waals surface area contributed by atoms with Crippen molar-refractivity contribution in [2.75, 3.05) is 12.4 Å². The number of hydrogen-bond donors (Lipinski definition) is 1. The van der Waals surface area contributed by atoms with Crippen LogP contribution in [-0.4, -0.2) is 7.05 Å². The molecule has 0 amide bonds. The van der Waals surface area contributed by atoms with E-state index in [9.17, 15) is 0 Å². The second kappa shape index (κ2) is 5.89. The number of rotatable bonds is 1. The molecule has 0 aliphatic carbocycles. The van der Waals surface area contributed by atoms with E-state index >= 15 is 0 Å². The van der Waals surface area contributed by atoms with Crippen LogP contribution >= 0.6 is 0 Å². The average molecular weight is 157 g/mol. The van der Waals surface area contributed by atoms with E-state index in [4.69, 9.17) is 6.42 Å². The van der Waals surface area contributed by atoms with E-state index in [2.05, 4.69) is 24.1 Å². The molecule has 1 heteroatoms. The van der Waals surface area contributed by atoms with Crippen LogP contribution in [0.25, 0.3) is 0 Å². The first-order valence-electron chi connectivity index (χ1n) is 3.44. The van der Waals surface area contributed by atoms with Crippen LogP contribution in [0.2, 0.25) is 0 Å². The molecule has 0 aromatic heterocycles. The minimum absolute atomic E-state index is 0.916. The summed E-state index contributed by atoms with van der Waals surface area (Å²) in [7, 11) is 1.88. The van der Waals surface area contributed by atoms with Crippen molar-refractivity contribution in [3.8, 4) is 25.2 Å². The zero-order valence-electron chi connectivity index (χ0n) is 7.04. The molecule has 0 fully saturated rings. The van der Waals surface area contributed by atoms with E-state index in [-0.39, 0.29) is 0 Å². The predicted octanol–water partition coefficient (Wildman–Crippen LogP) is 1.96. The highest BCUT2D eigenvalue weighted by molar-refractivity contribution is 5.47. The molecule has 1 N–H and O–H groups in total. The van der Waals surface area contributed by atoms with E-state index < -0.39 is 0 Å². The summed E-state index contributed by atoms with van der Waals surface area (Å²) in [4.78, 5) is 0. The van der Waals surface area contributed by atoms with Gasteiger partial charge in [-0.3, -0.25) is 0 Å². The van der Waals surface area contributed by atoms with Crippen molar-refractivity contribution in [1.29, 1.82) is 0 Å². The molecule has 0 aliphatic heterocycles. The quantitative estimate of drug-likeness (QED) is 0.614. The molecule has 0 unspecified atom stereocenters. The van der Waals surface area contributed by atoms with Crippen molar-refractivity contribution < 1.29 is 0 Å². The third-order valence-electron chi connectivity index (χ3n) is 1.34. The predicted molar refractivity (Wildman–Crippen MR) is 53.8 cm³/mol. The van der Waals surface area contributed by atoms with Gasteiger partial charge in [0.1, 0.15) is 0 Å². The van der Waals surface area contributed by atoms with Gasteiger partial charge >= 0.3 is 0 Å². The number of hydrogen-bond acceptors (Lipinski definition) is 1. The van der Waals surface area contributed by atoms with E-state index in [1.807, 2.05) is 31.3 Å². The summed E-state index contributed by atoms with van der Waals surface area (Å²) < 4.78 is 0. The summed E-state index contributed by atoms with van der Waals surface area (Å²) in [5.41, 5.74) is 2.00. The minimum atomic E-state index is 0.916. The molecule has 0 spiro atoms. The van der Waals surface area contributed by atoms with Gasteiger partial charge in [-0.25, -0.2) is 0 Å². The molecule has 0 aliphatic rings. The van der Waals surface area contributed by atoms with E-state index in [1.165, 1.54) is 0 Å². The Labute approximate surface area is 73.8 Å². The van der Waals surface area contributed by atoms with Crippen LogP contribution in [0.3, 0.4) is 0 Å². The Morgan fingerprint density at radius 3 is 2.00 bits per heavy atom. The molecule has 1 aromatic rings. The summed E-state index contributed by atoms with van der Waals surface area (Å²) >= 11 is 0. The molecule has 0 bridgehead atoms. The summed E-state index contributed by atoms with van der Waals surface area (Å²) in [6, 6.07) is 7.72. The molecular formula is C11H11N. The van der Waals surface area contributed by atoms with Crippen LogP contribution in [0.4, 0.5) is 5.69 Å². The molecule has 1 rings (SSSR count). The fourth-order valence-electron chi connectivity index (χ4n) is 0.733. The van der Waals surface area contributed by atoms with Crippen molar-refractivity contribution in [2.24, 2.45) is 0 Å². The molecule has 0 heterocycles. The van der Waals surface area contributed by atoms with E-state index in [1.54, 1.807) is 0 Å². The Morgan fingerprint density at radius 1 is 1.17 bits per heavy atom. The zero-order chi connectivity index (χ0) is 9.40. The fraction of sp³-hybridized carbons (Fsp3) is 0.0909. The van der Waals surface area contributed by atoms with Crippen LogP contribution < -0.4 is 5.32 Å². The van der Waals surface area contributed by atoms with Crippen LogP contribution in [-0.2, 0) is 0 Å². The highest BCUT2D eigenvalue weighted by Gasteiger charge is 1.86. The summed E-state index contributed by atoms with van der Waals surface area (Å²) in [6.07, 6.45) is 13.2. The molecule has 0 radical (unpaired) electrons. The number of terminal acetylenes is 2. The molecule has 12 heavy (non-hydrogen) atoms. The van der Waals surface area contributed by atoms with Gasteiger partial charge in [0.2, 0.25) is 0 Å². The Morgan fingerprint density at radius 2 is 1.67 bits per heavy atom. The lowest BCUT2D eigenvalue weighted by atomic mass is 10.2. The number of benzene rings is 1. The number of anilines is 1. The van der Waals surface area contributed by atoms with Crippen LogP contribution in [0, 0.1) is 25.2 Å². The maximum Gasteiger partial charge on any atom is 0.0338 e. The Bertz CT molecular complexity index is 274. The Balaban J connectivity index is 0.000000561. The third kappa shape index (κ3) is 2.82. The van der Waals surface area contributed by atoms with Gasteiger partial charge in [-0.2, -0.15) is 0 Å². The van der Waals surface area contributed by atoms with Gasteiger partial charge in [-0.1, -0.05) is 5.92 Å². The molecule has 0 atom stereocenters. The third-order valence-corrected chi connectivity index (χ3v) is 1.34. The highest BCUT2D eigenvalue weighted by Crippen LogP contribution is 2.06. The molecule has 0 saturated heterocycles. The average Bonchev–Trinajstić information content (AvgIpc) is 2.21. The second-order valence-electron chi connectivity index (χ2n) is 1.97. The van der Waals surface area contributed by atoms with Gasteiger partial charge in [-0.15, -0.1) is 19.3 Å². The van der Waals surface area contributed by atoms with Crippen LogP contribution in [0.15, 0.2) is 24.3 Å². The largest absolute Gasteiger partial charge is 0.388 e. The Hall–Kier alpha value is -1.86. The van der Waals surface area contributed by atoms with Crippen molar-refractivity contribution in [3.63, 3.8) is 0 Å². The lowest BCUT2D eigenvalue weighted by molar-refractivity contribution is 1.50. The van der Waals surface area contributed by atoms with Crippen LogP contribution in [0.5, 0.6) is 0 Å². The molecule has 1 aromatic carbocycles. The first-order valence-corrected chi connectivity index (χ1v) is 3.44. The maximum absolute atomic E-state index is 5.17. The van der Waals surface area contributed by atoms with E-state index in [0.717, 1.165) is 11.3 Å². The van der Waals surface area contributed by atoms with E-state index in [0.29, 0.717) is 0 Å². The first kappa shape index (κ1) is 10.1. The maximum atomic E-state index is 5.17. The van der Waals surface area contributed by atoms with Gasteiger partial charge in [-0.05, 0) is 24.3 Å². The summed E-state index contributed by atoms with van der Waals surface area (Å²) in [5.74, 6) is 2.55. The molecular weight excluding hydrogens is 146 g/mol. The zero-order valence-corrected chi connectivity index (χ0v) is 7.04. The lowest BCUT2D eigenvalue weighted by Gasteiger charge is -1.97. The lowest BCUT2D eigenvalue weighted by Crippen LogP contribution is -1.86.